The third-order valence-corrected chi connectivity index (χ3v) is 5.86. The highest BCUT2D eigenvalue weighted by Crippen LogP contribution is 2.31. The summed E-state index contributed by atoms with van der Waals surface area (Å²) in [5.41, 5.74) is 3.46. The smallest absolute Gasteiger partial charge is 0.294 e. The Bertz CT molecular complexity index is 1440. The van der Waals surface area contributed by atoms with Crippen LogP contribution in [-0.4, -0.2) is 25.6 Å². The van der Waals surface area contributed by atoms with Crippen LogP contribution >= 0.6 is 11.3 Å². The third-order valence-electron chi connectivity index (χ3n) is 4.88. The van der Waals surface area contributed by atoms with Crippen LogP contribution in [0, 0.1) is 30.9 Å². The van der Waals surface area contributed by atoms with E-state index < -0.39 is 16.4 Å². The molecule has 9 nitrogen and oxygen atoms in total. The fourth-order valence-corrected chi connectivity index (χ4v) is 4.37. The topological polar surface area (TPSA) is 120 Å². The van der Waals surface area contributed by atoms with Crippen molar-refractivity contribution < 1.29 is 9.72 Å². The molecule has 0 radical (unpaired) electrons. The number of benzene rings is 2. The third kappa shape index (κ3) is 4.12. The number of amides is 1. The van der Waals surface area contributed by atoms with Gasteiger partial charge in [0, 0.05) is 23.4 Å². The average Bonchev–Trinajstić information content (AvgIpc) is 3.13. The molecule has 1 amide bonds. The number of fused-ring (bicyclic) bond motifs is 1. The molecule has 0 atom stereocenters. The van der Waals surface area contributed by atoms with Crippen molar-refractivity contribution in [2.75, 3.05) is 5.32 Å². The first-order chi connectivity index (χ1) is 15.2. The first-order valence-corrected chi connectivity index (χ1v) is 10.5. The van der Waals surface area contributed by atoms with Gasteiger partial charge < -0.3 is 5.32 Å². The Kier molecular flexibility index (Phi) is 5.54. The predicted molar refractivity (Wildman–Crippen MR) is 123 cm³/mol. The van der Waals surface area contributed by atoms with Crippen molar-refractivity contribution in [2.24, 2.45) is 0 Å². The number of carbonyl (C=O) groups is 1. The summed E-state index contributed by atoms with van der Waals surface area (Å²) in [6, 6.07) is 11.5. The number of nitro benzene ring substituents is 1. The molecule has 0 spiro atoms. The van der Waals surface area contributed by atoms with Gasteiger partial charge in [-0.1, -0.05) is 29.8 Å². The van der Waals surface area contributed by atoms with E-state index in [4.69, 9.17) is 0 Å². The summed E-state index contributed by atoms with van der Waals surface area (Å²) in [5.74, 6) is -0.530. The molecule has 10 heteroatoms. The second-order valence-corrected chi connectivity index (χ2v) is 8.60. The van der Waals surface area contributed by atoms with E-state index in [1.807, 2.05) is 39.0 Å². The molecule has 0 fully saturated rings. The minimum Gasteiger partial charge on any atom is -0.324 e. The highest BCUT2D eigenvalue weighted by molar-refractivity contribution is 7.19. The predicted octanol–water partition coefficient (Wildman–Crippen LogP) is 3.99. The lowest BCUT2D eigenvalue weighted by Crippen LogP contribution is -2.30. The maximum absolute atomic E-state index is 13.0. The van der Waals surface area contributed by atoms with Crippen LogP contribution in [0.5, 0.6) is 0 Å². The SMILES string of the molecule is Cc1ccc(-c2nn(CC(=O)Nc3cccc([N+](=O)[O-])c3)c(=O)c3nc(C)sc23)c(C)c1. The standard InChI is InChI=1S/C22H19N5O4S/c1-12-7-8-17(13(2)9-12)19-21-20(23-14(3)32-21)22(29)26(25-19)11-18(28)24-15-5-4-6-16(10-15)27(30)31/h4-10H,11H2,1-3H3,(H,24,28). The number of nitro groups is 1. The number of hydrogen-bond acceptors (Lipinski definition) is 7. The second-order valence-electron chi connectivity index (χ2n) is 7.40. The molecule has 162 valence electrons. The van der Waals surface area contributed by atoms with Gasteiger partial charge in [0.2, 0.25) is 5.91 Å². The Morgan fingerprint density at radius 1 is 1.19 bits per heavy atom. The van der Waals surface area contributed by atoms with Gasteiger partial charge in [-0.05, 0) is 32.4 Å². The minimum absolute atomic E-state index is 0.144. The van der Waals surface area contributed by atoms with Crippen LogP contribution in [-0.2, 0) is 11.3 Å². The fourth-order valence-electron chi connectivity index (χ4n) is 3.46. The number of nitrogens with one attached hydrogen (secondary N) is 1. The van der Waals surface area contributed by atoms with Crippen LogP contribution in [0.2, 0.25) is 0 Å². The van der Waals surface area contributed by atoms with Crippen molar-refractivity contribution in [3.8, 4) is 11.3 Å². The summed E-state index contributed by atoms with van der Waals surface area (Å²) in [4.78, 5) is 40.4. The van der Waals surface area contributed by atoms with Gasteiger partial charge in [0.05, 0.1) is 14.6 Å². The molecule has 2 aromatic carbocycles. The second kappa shape index (κ2) is 8.31. The number of aromatic nitrogens is 3. The van der Waals surface area contributed by atoms with Crippen LogP contribution in [0.1, 0.15) is 16.1 Å². The molecule has 0 unspecified atom stereocenters. The van der Waals surface area contributed by atoms with Crippen LogP contribution in [0.3, 0.4) is 0 Å². The average molecular weight is 449 g/mol. The number of nitrogens with zero attached hydrogens (tertiary/aromatic N) is 4. The largest absolute Gasteiger partial charge is 0.324 e. The quantitative estimate of drug-likeness (QED) is 0.363. The molecule has 0 saturated carbocycles. The van der Waals surface area contributed by atoms with Crippen molar-refractivity contribution in [3.63, 3.8) is 0 Å². The summed E-state index contributed by atoms with van der Waals surface area (Å²) in [5, 5.41) is 18.8. The summed E-state index contributed by atoms with van der Waals surface area (Å²) in [6.07, 6.45) is 0. The lowest BCUT2D eigenvalue weighted by molar-refractivity contribution is -0.384. The van der Waals surface area contributed by atoms with Gasteiger partial charge in [-0.25, -0.2) is 9.67 Å². The zero-order chi connectivity index (χ0) is 23.0. The number of carbonyl (C=O) groups excluding carboxylic acids is 1. The highest BCUT2D eigenvalue weighted by atomic mass is 32.1. The maximum atomic E-state index is 13.0. The molecule has 1 N–H and O–H groups in total. The van der Waals surface area contributed by atoms with E-state index in [0.29, 0.717) is 10.4 Å². The van der Waals surface area contributed by atoms with E-state index >= 15 is 0 Å². The molecule has 0 saturated heterocycles. The van der Waals surface area contributed by atoms with E-state index in [9.17, 15) is 19.7 Å². The summed E-state index contributed by atoms with van der Waals surface area (Å²) in [7, 11) is 0. The first-order valence-electron chi connectivity index (χ1n) is 9.73. The van der Waals surface area contributed by atoms with E-state index in [-0.39, 0.29) is 23.4 Å². The number of rotatable bonds is 5. The van der Waals surface area contributed by atoms with Crippen LogP contribution < -0.4 is 10.9 Å². The van der Waals surface area contributed by atoms with E-state index in [0.717, 1.165) is 26.4 Å². The molecular formula is C22H19N5O4S. The van der Waals surface area contributed by atoms with Crippen molar-refractivity contribution in [1.29, 1.82) is 0 Å². The van der Waals surface area contributed by atoms with Crippen LogP contribution in [0.15, 0.2) is 47.3 Å². The van der Waals surface area contributed by atoms with Crippen LogP contribution in [0.25, 0.3) is 21.5 Å². The molecule has 0 aliphatic heterocycles. The number of thiazole rings is 1. The fraction of sp³-hybridized carbons (Fsp3) is 0.182. The molecule has 32 heavy (non-hydrogen) atoms. The van der Waals surface area contributed by atoms with Gasteiger partial charge in [-0.3, -0.25) is 19.7 Å². The molecule has 4 rings (SSSR count). The Hall–Kier alpha value is -3.92. The monoisotopic (exact) mass is 449 g/mol. The lowest BCUT2D eigenvalue weighted by Gasteiger charge is -2.11. The number of hydrogen-bond donors (Lipinski definition) is 1. The van der Waals surface area contributed by atoms with E-state index in [1.165, 1.54) is 35.6 Å². The van der Waals surface area contributed by atoms with Gasteiger partial charge in [-0.2, -0.15) is 5.10 Å². The maximum Gasteiger partial charge on any atom is 0.294 e. The molecular weight excluding hydrogens is 430 g/mol. The van der Waals surface area contributed by atoms with Crippen LogP contribution in [0.4, 0.5) is 11.4 Å². The van der Waals surface area contributed by atoms with Gasteiger partial charge in [-0.15, -0.1) is 11.3 Å². The Balaban J connectivity index is 1.74. The van der Waals surface area contributed by atoms with Gasteiger partial charge in [0.1, 0.15) is 12.2 Å². The number of non-ortho nitro benzene ring substituents is 1. The summed E-state index contributed by atoms with van der Waals surface area (Å²) < 4.78 is 1.76. The normalized spacial score (nSPS) is 11.0. The number of anilines is 1. The summed E-state index contributed by atoms with van der Waals surface area (Å²) >= 11 is 1.38. The molecule has 2 heterocycles. The zero-order valence-corrected chi connectivity index (χ0v) is 18.4. The van der Waals surface area contributed by atoms with Gasteiger partial charge in [0.25, 0.3) is 11.2 Å². The first kappa shape index (κ1) is 21.3. The van der Waals surface area contributed by atoms with E-state index in [2.05, 4.69) is 15.4 Å². The molecule has 0 aliphatic rings. The molecule has 2 aromatic heterocycles. The van der Waals surface area contributed by atoms with Gasteiger partial charge in [0.15, 0.2) is 5.52 Å². The van der Waals surface area contributed by atoms with Crippen molar-refractivity contribution >= 4 is 38.8 Å². The zero-order valence-electron chi connectivity index (χ0n) is 17.6. The highest BCUT2D eigenvalue weighted by Gasteiger charge is 2.19. The Morgan fingerprint density at radius 2 is 1.97 bits per heavy atom. The molecule has 0 bridgehead atoms. The number of aryl methyl sites for hydroxylation is 3. The Morgan fingerprint density at radius 3 is 2.69 bits per heavy atom. The molecule has 4 aromatic rings. The van der Waals surface area contributed by atoms with Crippen molar-refractivity contribution in [1.82, 2.24) is 14.8 Å². The Labute approximate surface area is 186 Å². The van der Waals surface area contributed by atoms with Crippen molar-refractivity contribution in [2.45, 2.75) is 27.3 Å². The molecule has 0 aliphatic carbocycles. The van der Waals surface area contributed by atoms with Gasteiger partial charge >= 0.3 is 0 Å². The minimum atomic E-state index is -0.545. The van der Waals surface area contributed by atoms with Crippen molar-refractivity contribution in [3.05, 3.63) is 79.1 Å². The lowest BCUT2D eigenvalue weighted by atomic mass is 10.0. The summed E-state index contributed by atoms with van der Waals surface area (Å²) in [6.45, 7) is 5.42. The van der Waals surface area contributed by atoms with E-state index in [1.54, 1.807) is 0 Å².